The van der Waals surface area contributed by atoms with Gasteiger partial charge < -0.3 is 9.47 Å². The van der Waals surface area contributed by atoms with E-state index in [0.29, 0.717) is 5.92 Å². The third-order valence-electron chi connectivity index (χ3n) is 3.50. The Bertz CT molecular complexity index is 442. The van der Waals surface area contributed by atoms with Crippen molar-refractivity contribution in [3.8, 4) is 0 Å². The van der Waals surface area contributed by atoms with Gasteiger partial charge in [-0.25, -0.2) is 0 Å². The summed E-state index contributed by atoms with van der Waals surface area (Å²) in [6.45, 7) is 3.42. The van der Waals surface area contributed by atoms with E-state index in [0.717, 1.165) is 29.7 Å². The maximum atomic E-state index is 12.1. The normalized spacial score (nSPS) is 18.8. The highest BCUT2D eigenvalue weighted by Gasteiger charge is 2.40. The lowest BCUT2D eigenvalue weighted by Crippen LogP contribution is -2.41. The Morgan fingerprint density at radius 2 is 2.28 bits per heavy atom. The molecule has 2 rings (SSSR count). The van der Waals surface area contributed by atoms with E-state index in [9.17, 15) is 4.79 Å². The first kappa shape index (κ1) is 13.6. The zero-order valence-electron chi connectivity index (χ0n) is 10.6. The molecule has 1 aromatic rings. The van der Waals surface area contributed by atoms with Crippen molar-refractivity contribution < 1.29 is 14.3 Å². The first-order valence-corrected chi connectivity index (χ1v) is 6.78. The number of benzene rings is 1. The fourth-order valence-electron chi connectivity index (χ4n) is 2.36. The third kappa shape index (κ3) is 2.59. The number of hydrogen-bond donors (Lipinski definition) is 0. The summed E-state index contributed by atoms with van der Waals surface area (Å²) in [5, 5.41) is 0. The number of rotatable bonds is 4. The molecule has 1 aromatic carbocycles. The van der Waals surface area contributed by atoms with Crippen molar-refractivity contribution in [3.05, 3.63) is 34.3 Å². The second-order valence-electron chi connectivity index (χ2n) is 4.94. The molecular weight excluding hydrogens is 296 g/mol. The minimum Gasteiger partial charge on any atom is -0.468 e. The van der Waals surface area contributed by atoms with E-state index in [-0.39, 0.29) is 5.97 Å². The smallest absolute Gasteiger partial charge is 0.316 e. The Labute approximate surface area is 116 Å². The topological polar surface area (TPSA) is 35.5 Å². The molecule has 3 nitrogen and oxygen atoms in total. The summed E-state index contributed by atoms with van der Waals surface area (Å²) in [7, 11) is 1.44. The van der Waals surface area contributed by atoms with Crippen molar-refractivity contribution in [2.75, 3.05) is 20.3 Å². The fourth-order valence-corrected chi connectivity index (χ4v) is 2.75. The van der Waals surface area contributed by atoms with Crippen molar-refractivity contribution in [2.45, 2.75) is 18.8 Å². The molecule has 1 aliphatic rings. The number of methoxy groups -OCH3 is 1. The van der Waals surface area contributed by atoms with Gasteiger partial charge in [-0.15, -0.1) is 0 Å². The van der Waals surface area contributed by atoms with Gasteiger partial charge >= 0.3 is 5.97 Å². The van der Waals surface area contributed by atoms with E-state index in [2.05, 4.69) is 15.9 Å². The monoisotopic (exact) mass is 312 g/mol. The minimum absolute atomic E-state index is 0.187. The van der Waals surface area contributed by atoms with E-state index >= 15 is 0 Å². The largest absolute Gasteiger partial charge is 0.468 e. The van der Waals surface area contributed by atoms with Gasteiger partial charge in [0.1, 0.15) is 0 Å². The molecule has 1 saturated heterocycles. The van der Waals surface area contributed by atoms with Gasteiger partial charge in [0.05, 0.1) is 25.7 Å². The molecule has 98 valence electrons. The van der Waals surface area contributed by atoms with Crippen LogP contribution in [-0.4, -0.2) is 26.3 Å². The van der Waals surface area contributed by atoms with Gasteiger partial charge in [0.15, 0.2) is 0 Å². The van der Waals surface area contributed by atoms with Crippen molar-refractivity contribution in [1.29, 1.82) is 0 Å². The van der Waals surface area contributed by atoms with Crippen LogP contribution >= 0.6 is 15.9 Å². The van der Waals surface area contributed by atoms with E-state index in [1.54, 1.807) is 0 Å². The lowest BCUT2D eigenvalue weighted by molar-refractivity contribution is -0.149. The van der Waals surface area contributed by atoms with Gasteiger partial charge in [-0.1, -0.05) is 28.1 Å². The van der Waals surface area contributed by atoms with E-state index in [1.165, 1.54) is 7.11 Å². The summed E-state index contributed by atoms with van der Waals surface area (Å²) < 4.78 is 11.1. The van der Waals surface area contributed by atoms with Crippen molar-refractivity contribution in [3.63, 3.8) is 0 Å². The molecule has 0 amide bonds. The standard InChI is InChI=1S/C14H17BrO3/c1-14(13(16)17-2,7-10-8-18-9-10)11-4-3-5-12(15)6-11/h3-6,10H,7-9H2,1-2H3. The van der Waals surface area contributed by atoms with Gasteiger partial charge in [0.2, 0.25) is 0 Å². The number of hydrogen-bond acceptors (Lipinski definition) is 3. The molecule has 1 unspecified atom stereocenters. The molecule has 1 fully saturated rings. The number of halogens is 1. The Kier molecular flexibility index (Phi) is 4.07. The molecule has 0 aromatic heterocycles. The fraction of sp³-hybridized carbons (Fsp3) is 0.500. The Balaban J connectivity index is 2.30. The predicted octanol–water partition coefficient (Wildman–Crippen LogP) is 2.92. The van der Waals surface area contributed by atoms with Crippen molar-refractivity contribution >= 4 is 21.9 Å². The van der Waals surface area contributed by atoms with Crippen LogP contribution in [0.2, 0.25) is 0 Å². The zero-order chi connectivity index (χ0) is 13.2. The van der Waals surface area contributed by atoms with Crippen LogP contribution in [0.4, 0.5) is 0 Å². The average molecular weight is 313 g/mol. The zero-order valence-corrected chi connectivity index (χ0v) is 12.2. The van der Waals surface area contributed by atoms with Gasteiger partial charge in [0, 0.05) is 10.4 Å². The number of carbonyl (C=O) groups is 1. The first-order valence-electron chi connectivity index (χ1n) is 5.98. The quantitative estimate of drug-likeness (QED) is 0.802. The highest BCUT2D eigenvalue weighted by Crippen LogP contribution is 2.35. The minimum atomic E-state index is -0.604. The summed E-state index contributed by atoms with van der Waals surface area (Å²) in [6, 6.07) is 7.85. The Morgan fingerprint density at radius 3 is 2.78 bits per heavy atom. The number of carbonyl (C=O) groups excluding carboxylic acids is 1. The van der Waals surface area contributed by atoms with Crippen LogP contribution in [-0.2, 0) is 19.7 Å². The van der Waals surface area contributed by atoms with Crippen LogP contribution in [0.15, 0.2) is 28.7 Å². The van der Waals surface area contributed by atoms with Crippen LogP contribution in [0.1, 0.15) is 18.9 Å². The van der Waals surface area contributed by atoms with Crippen LogP contribution in [0.3, 0.4) is 0 Å². The molecule has 0 saturated carbocycles. The molecule has 1 aliphatic heterocycles. The third-order valence-corrected chi connectivity index (χ3v) is 3.99. The van der Waals surface area contributed by atoms with Crippen LogP contribution in [0.25, 0.3) is 0 Å². The average Bonchev–Trinajstić information content (AvgIpc) is 2.32. The van der Waals surface area contributed by atoms with E-state index in [1.807, 2.05) is 31.2 Å². The lowest BCUT2D eigenvalue weighted by Gasteiger charge is -2.35. The van der Waals surface area contributed by atoms with E-state index < -0.39 is 5.41 Å². The molecule has 0 radical (unpaired) electrons. The SMILES string of the molecule is COC(=O)C(C)(CC1COC1)c1cccc(Br)c1. The van der Waals surface area contributed by atoms with Crippen molar-refractivity contribution in [1.82, 2.24) is 0 Å². The predicted molar refractivity (Wildman–Crippen MR) is 72.4 cm³/mol. The summed E-state index contributed by atoms with van der Waals surface area (Å²) >= 11 is 3.45. The van der Waals surface area contributed by atoms with Crippen LogP contribution in [0.5, 0.6) is 0 Å². The second kappa shape index (κ2) is 5.41. The molecule has 4 heteroatoms. The molecule has 0 aliphatic carbocycles. The molecule has 18 heavy (non-hydrogen) atoms. The summed E-state index contributed by atoms with van der Waals surface area (Å²) in [6.07, 6.45) is 0.760. The Morgan fingerprint density at radius 1 is 1.56 bits per heavy atom. The first-order chi connectivity index (χ1) is 8.56. The van der Waals surface area contributed by atoms with Gasteiger partial charge in [-0.2, -0.15) is 0 Å². The summed E-state index contributed by atoms with van der Waals surface area (Å²) in [5.41, 5.74) is 0.378. The molecule has 1 atom stereocenters. The number of ether oxygens (including phenoxy) is 2. The second-order valence-corrected chi connectivity index (χ2v) is 5.86. The van der Waals surface area contributed by atoms with Crippen LogP contribution < -0.4 is 0 Å². The highest BCUT2D eigenvalue weighted by atomic mass is 79.9. The molecule has 0 spiro atoms. The summed E-state index contributed by atoms with van der Waals surface area (Å²) in [5.74, 6) is 0.251. The maximum absolute atomic E-state index is 12.1. The molecular formula is C14H17BrO3. The van der Waals surface area contributed by atoms with Crippen LogP contribution in [0, 0.1) is 5.92 Å². The highest BCUT2D eigenvalue weighted by molar-refractivity contribution is 9.10. The number of esters is 1. The summed E-state index contributed by atoms with van der Waals surface area (Å²) in [4.78, 5) is 12.1. The Hall–Kier alpha value is -0.870. The van der Waals surface area contributed by atoms with Gasteiger partial charge in [-0.3, -0.25) is 4.79 Å². The molecule has 0 N–H and O–H groups in total. The van der Waals surface area contributed by atoms with Gasteiger partial charge in [0.25, 0.3) is 0 Å². The lowest BCUT2D eigenvalue weighted by atomic mass is 9.75. The van der Waals surface area contributed by atoms with Crippen molar-refractivity contribution in [2.24, 2.45) is 5.92 Å². The maximum Gasteiger partial charge on any atom is 0.316 e. The van der Waals surface area contributed by atoms with Gasteiger partial charge in [-0.05, 0) is 31.0 Å². The molecule has 0 bridgehead atoms. The van der Waals surface area contributed by atoms with E-state index in [4.69, 9.17) is 9.47 Å². The molecule has 1 heterocycles.